The van der Waals surface area contributed by atoms with E-state index >= 15 is 0 Å². The van der Waals surface area contributed by atoms with Crippen LogP contribution in [-0.4, -0.2) is 35.0 Å². The standard InChI is InChI=1S/C22H21NO6/c1-3-17(24)19-20(14-5-4-6-16(12-14)29-2)23(22(28)21(19)27)15-9-7-13(8-10-15)11-18(25)26/h4-10,12,20,27H,3,11H2,1-2H3,(H,25,26). The van der Waals surface area contributed by atoms with Gasteiger partial charge in [-0.05, 0) is 35.4 Å². The van der Waals surface area contributed by atoms with Gasteiger partial charge in [0.25, 0.3) is 5.91 Å². The van der Waals surface area contributed by atoms with Gasteiger partial charge in [-0.15, -0.1) is 0 Å². The van der Waals surface area contributed by atoms with E-state index in [1.54, 1.807) is 55.5 Å². The number of aliphatic carboxylic acids is 1. The number of methoxy groups -OCH3 is 1. The van der Waals surface area contributed by atoms with Crippen LogP contribution in [0.5, 0.6) is 5.75 Å². The van der Waals surface area contributed by atoms with Crippen molar-refractivity contribution in [3.63, 3.8) is 0 Å². The quantitative estimate of drug-likeness (QED) is 0.746. The van der Waals surface area contributed by atoms with E-state index in [2.05, 4.69) is 0 Å². The molecule has 0 bridgehead atoms. The largest absolute Gasteiger partial charge is 0.503 e. The number of ketones is 1. The Hall–Kier alpha value is -3.61. The third kappa shape index (κ3) is 3.85. The predicted molar refractivity (Wildman–Crippen MR) is 106 cm³/mol. The van der Waals surface area contributed by atoms with Gasteiger partial charge in [-0.25, -0.2) is 0 Å². The summed E-state index contributed by atoms with van der Waals surface area (Å²) in [4.78, 5) is 37.7. The third-order valence-electron chi connectivity index (χ3n) is 4.81. The molecule has 1 atom stereocenters. The molecule has 0 aliphatic carbocycles. The number of ether oxygens (including phenoxy) is 1. The summed E-state index contributed by atoms with van der Waals surface area (Å²) in [7, 11) is 1.52. The van der Waals surface area contributed by atoms with Crippen molar-refractivity contribution in [2.45, 2.75) is 25.8 Å². The van der Waals surface area contributed by atoms with E-state index in [1.807, 2.05) is 0 Å². The molecule has 150 valence electrons. The first-order chi connectivity index (χ1) is 13.9. The van der Waals surface area contributed by atoms with Crippen LogP contribution in [0.1, 0.15) is 30.5 Å². The van der Waals surface area contributed by atoms with E-state index in [0.717, 1.165) is 0 Å². The molecule has 7 nitrogen and oxygen atoms in total. The van der Waals surface area contributed by atoms with E-state index < -0.39 is 23.7 Å². The zero-order valence-electron chi connectivity index (χ0n) is 16.1. The molecule has 0 spiro atoms. The van der Waals surface area contributed by atoms with E-state index in [-0.39, 0.29) is 24.2 Å². The number of benzene rings is 2. The van der Waals surface area contributed by atoms with Crippen LogP contribution >= 0.6 is 0 Å². The number of amides is 1. The molecule has 1 heterocycles. The Morgan fingerprint density at radius 3 is 2.41 bits per heavy atom. The number of carbonyl (C=O) groups excluding carboxylic acids is 2. The Morgan fingerprint density at radius 1 is 1.14 bits per heavy atom. The number of anilines is 1. The second kappa shape index (κ2) is 8.18. The van der Waals surface area contributed by atoms with Crippen molar-refractivity contribution < 1.29 is 29.3 Å². The third-order valence-corrected chi connectivity index (χ3v) is 4.81. The van der Waals surface area contributed by atoms with Crippen LogP contribution in [0.25, 0.3) is 0 Å². The highest BCUT2D eigenvalue weighted by atomic mass is 16.5. The first-order valence-electron chi connectivity index (χ1n) is 9.12. The van der Waals surface area contributed by atoms with E-state index in [4.69, 9.17) is 9.84 Å². The first kappa shape index (κ1) is 20.1. The average molecular weight is 395 g/mol. The van der Waals surface area contributed by atoms with Crippen LogP contribution in [0.3, 0.4) is 0 Å². The maximum absolute atomic E-state index is 12.9. The molecule has 1 amide bonds. The summed E-state index contributed by atoms with van der Waals surface area (Å²) in [5.74, 6) is -1.98. The molecule has 1 aliphatic heterocycles. The minimum atomic E-state index is -0.959. The van der Waals surface area contributed by atoms with Gasteiger partial charge in [0.2, 0.25) is 0 Å². The second-order valence-electron chi connectivity index (χ2n) is 6.63. The molecule has 0 aromatic heterocycles. The van der Waals surface area contributed by atoms with Gasteiger partial charge in [0.05, 0.1) is 25.1 Å². The normalized spacial score (nSPS) is 16.3. The molecule has 1 unspecified atom stereocenters. The lowest BCUT2D eigenvalue weighted by atomic mass is 9.94. The maximum atomic E-state index is 12.9. The highest BCUT2D eigenvalue weighted by molar-refractivity contribution is 6.16. The molecule has 29 heavy (non-hydrogen) atoms. The lowest BCUT2D eigenvalue weighted by molar-refractivity contribution is -0.136. The second-order valence-corrected chi connectivity index (χ2v) is 6.63. The number of aliphatic hydroxyl groups excluding tert-OH is 1. The molecular formula is C22H21NO6. The van der Waals surface area contributed by atoms with Crippen LogP contribution in [-0.2, 0) is 20.8 Å². The zero-order valence-corrected chi connectivity index (χ0v) is 16.1. The minimum Gasteiger partial charge on any atom is -0.503 e. The Kier molecular flexibility index (Phi) is 5.68. The van der Waals surface area contributed by atoms with Gasteiger partial charge in [-0.2, -0.15) is 0 Å². The molecule has 3 rings (SSSR count). The zero-order chi connectivity index (χ0) is 21.1. The Labute approximate surface area is 167 Å². The van der Waals surface area contributed by atoms with Crippen LogP contribution in [0.15, 0.2) is 59.9 Å². The number of aliphatic hydroxyl groups is 1. The molecule has 2 aromatic carbocycles. The number of hydrogen-bond donors (Lipinski definition) is 2. The number of rotatable bonds is 7. The van der Waals surface area contributed by atoms with Gasteiger partial charge >= 0.3 is 5.97 Å². The summed E-state index contributed by atoms with van der Waals surface area (Å²) >= 11 is 0. The number of Topliss-reactive ketones (excluding diaryl/α,β-unsaturated/α-hetero) is 1. The van der Waals surface area contributed by atoms with Crippen molar-refractivity contribution >= 4 is 23.3 Å². The van der Waals surface area contributed by atoms with Gasteiger partial charge in [-0.3, -0.25) is 19.3 Å². The molecule has 0 radical (unpaired) electrons. The summed E-state index contributed by atoms with van der Waals surface area (Å²) in [5, 5.41) is 19.4. The van der Waals surface area contributed by atoms with Gasteiger partial charge < -0.3 is 14.9 Å². The smallest absolute Gasteiger partial charge is 0.307 e. The summed E-state index contributed by atoms with van der Waals surface area (Å²) < 4.78 is 5.26. The number of carbonyl (C=O) groups is 3. The Morgan fingerprint density at radius 2 is 1.83 bits per heavy atom. The van der Waals surface area contributed by atoms with E-state index in [9.17, 15) is 19.5 Å². The number of nitrogens with zero attached hydrogens (tertiary/aromatic N) is 1. The summed E-state index contributed by atoms with van der Waals surface area (Å²) in [6.45, 7) is 1.67. The fourth-order valence-electron chi connectivity index (χ4n) is 3.42. The highest BCUT2D eigenvalue weighted by Gasteiger charge is 2.43. The minimum absolute atomic E-state index is 0.0420. The van der Waals surface area contributed by atoms with Crippen LogP contribution in [0.2, 0.25) is 0 Å². The summed E-state index contributed by atoms with van der Waals surface area (Å²) in [6, 6.07) is 12.6. The molecular weight excluding hydrogens is 374 g/mol. The Balaban J connectivity index is 2.10. The average Bonchev–Trinajstić information content (AvgIpc) is 2.98. The molecule has 0 saturated carbocycles. The van der Waals surface area contributed by atoms with Crippen molar-refractivity contribution in [2.24, 2.45) is 0 Å². The predicted octanol–water partition coefficient (Wildman–Crippen LogP) is 3.20. The van der Waals surface area contributed by atoms with Gasteiger partial charge in [-0.1, -0.05) is 31.2 Å². The lowest BCUT2D eigenvalue weighted by Gasteiger charge is -2.27. The monoisotopic (exact) mass is 395 g/mol. The van der Waals surface area contributed by atoms with Crippen molar-refractivity contribution in [2.75, 3.05) is 12.0 Å². The Bertz CT molecular complexity index is 993. The van der Waals surface area contributed by atoms with Crippen molar-refractivity contribution in [1.82, 2.24) is 0 Å². The summed E-state index contributed by atoms with van der Waals surface area (Å²) in [6.07, 6.45) is -0.00482. The van der Waals surface area contributed by atoms with Crippen molar-refractivity contribution in [1.29, 1.82) is 0 Å². The maximum Gasteiger partial charge on any atom is 0.307 e. The molecule has 1 aliphatic rings. The van der Waals surface area contributed by atoms with E-state index in [0.29, 0.717) is 22.6 Å². The van der Waals surface area contributed by atoms with Gasteiger partial charge in [0.1, 0.15) is 5.75 Å². The number of carboxylic acid groups (broad SMARTS) is 1. The van der Waals surface area contributed by atoms with Gasteiger partial charge in [0, 0.05) is 12.1 Å². The van der Waals surface area contributed by atoms with Crippen LogP contribution in [0, 0.1) is 0 Å². The fourth-order valence-corrected chi connectivity index (χ4v) is 3.42. The van der Waals surface area contributed by atoms with Crippen molar-refractivity contribution in [3.05, 3.63) is 71.0 Å². The molecule has 0 saturated heterocycles. The highest BCUT2D eigenvalue weighted by Crippen LogP contribution is 2.42. The van der Waals surface area contributed by atoms with Crippen LogP contribution in [0.4, 0.5) is 5.69 Å². The first-order valence-corrected chi connectivity index (χ1v) is 9.12. The topological polar surface area (TPSA) is 104 Å². The molecule has 2 N–H and O–H groups in total. The van der Waals surface area contributed by atoms with E-state index in [1.165, 1.54) is 12.0 Å². The fraction of sp³-hybridized carbons (Fsp3) is 0.227. The SMILES string of the molecule is CCC(=O)C1=C(O)C(=O)N(c2ccc(CC(=O)O)cc2)C1c1cccc(OC)c1. The molecule has 2 aromatic rings. The van der Waals surface area contributed by atoms with Gasteiger partial charge in [0.15, 0.2) is 11.5 Å². The molecule has 0 fully saturated rings. The number of carboxylic acids is 1. The van der Waals surface area contributed by atoms with Crippen LogP contribution < -0.4 is 9.64 Å². The summed E-state index contributed by atoms with van der Waals surface area (Å²) in [5.41, 5.74) is 1.68. The lowest BCUT2D eigenvalue weighted by Crippen LogP contribution is -2.31. The number of hydrogen-bond acceptors (Lipinski definition) is 5. The molecule has 7 heteroatoms. The van der Waals surface area contributed by atoms with Crippen molar-refractivity contribution in [3.8, 4) is 5.75 Å².